The van der Waals surface area contributed by atoms with Crippen LogP contribution >= 0.6 is 0 Å². The Morgan fingerprint density at radius 3 is 1.18 bits per heavy atom. The fourth-order valence-corrected chi connectivity index (χ4v) is 16.9. The van der Waals surface area contributed by atoms with Crippen molar-refractivity contribution in [1.82, 2.24) is 19.6 Å². The first-order chi connectivity index (χ1) is 45.7. The maximum atomic E-state index is 9.44. The van der Waals surface area contributed by atoms with Gasteiger partial charge in [0.1, 0.15) is 0 Å². The van der Waals surface area contributed by atoms with Crippen molar-refractivity contribution in [2.75, 3.05) is 46.2 Å². The third-order valence-corrected chi connectivity index (χ3v) is 22.4. The Hall–Kier alpha value is -7.58. The van der Waals surface area contributed by atoms with Crippen molar-refractivity contribution in [3.05, 3.63) is 249 Å². The molecule has 3 saturated carbocycles. The monoisotopic (exact) mass is 1270 g/mol. The van der Waals surface area contributed by atoms with Gasteiger partial charge < -0.3 is 39.2 Å². The molecule has 0 spiro atoms. The zero-order valence-corrected chi connectivity index (χ0v) is 55.8. The topological polar surface area (TPSA) is 25.9 Å². The van der Waals surface area contributed by atoms with Crippen molar-refractivity contribution < 1.29 is 6.85 Å². The van der Waals surface area contributed by atoms with E-state index >= 15 is 0 Å². The lowest BCUT2D eigenvalue weighted by atomic mass is 9.64. The molecule has 8 heterocycles. The summed E-state index contributed by atoms with van der Waals surface area (Å²) in [6, 6.07) is 43.0. The van der Waals surface area contributed by atoms with Gasteiger partial charge in [0.15, 0.2) is 0 Å². The minimum Gasteiger partial charge on any atom is -0.346 e. The van der Waals surface area contributed by atoms with Gasteiger partial charge in [-0.2, -0.15) is 0 Å². The van der Waals surface area contributed by atoms with Crippen molar-refractivity contribution in [3.8, 4) is 0 Å². The van der Waals surface area contributed by atoms with Gasteiger partial charge in [-0.25, -0.2) is 0 Å². The Labute approximate surface area is 578 Å². The molecule has 3 fully saturated rings. The lowest BCUT2D eigenvalue weighted by molar-refractivity contribution is 0.0309. The number of rotatable bonds is 8. The molecule has 8 nitrogen and oxygen atoms in total. The van der Waals surface area contributed by atoms with Crippen LogP contribution in [0.3, 0.4) is 0 Å². The summed E-state index contributed by atoms with van der Waals surface area (Å²) in [7, 11) is 0. The Kier molecular flexibility index (Phi) is 19.8. The first-order valence-corrected chi connectivity index (χ1v) is 34.1. The molecule has 8 heteroatoms. The average Bonchev–Trinajstić information content (AvgIpc) is 1.58. The molecule has 502 valence electrons. The minimum absolute atomic E-state index is 0. The van der Waals surface area contributed by atoms with Gasteiger partial charge in [0.25, 0.3) is 0 Å². The van der Waals surface area contributed by atoms with Crippen molar-refractivity contribution in [3.63, 3.8) is 0 Å². The van der Waals surface area contributed by atoms with E-state index in [1.807, 2.05) is 72.2 Å². The Bertz CT molecular complexity index is 3920. The molecule has 16 rings (SSSR count). The van der Waals surface area contributed by atoms with Gasteiger partial charge in [-0.15, -0.1) is 0 Å². The van der Waals surface area contributed by atoms with E-state index in [1.165, 1.54) is 141 Å². The maximum absolute atomic E-state index is 9.44. The van der Waals surface area contributed by atoms with E-state index in [0.717, 1.165) is 45.4 Å². The summed E-state index contributed by atoms with van der Waals surface area (Å²) < 4.78 is 44.2. The highest BCUT2D eigenvalue weighted by atomic mass is 15.4. The highest BCUT2D eigenvalue weighted by Gasteiger charge is 2.54. The zero-order valence-electron chi connectivity index (χ0n) is 60.8. The van der Waals surface area contributed by atoms with Crippen LogP contribution in [-0.2, 0) is 5.54 Å². The summed E-state index contributed by atoms with van der Waals surface area (Å²) >= 11 is 0. The summed E-state index contributed by atoms with van der Waals surface area (Å²) in [4.78, 5) is 17.6. The van der Waals surface area contributed by atoms with E-state index in [9.17, 15) is 1.37 Å². The SMILES string of the molecule is C.C.C.C.[2H]C1N(c2ccccc2C)C(C)=C2C=CC(C)(C3CCCC3)N21.[2H]C1N(c2ccccc2C)C(C)=C2C=CC(C)(c3ccccc3)N21.[2H]C1N(c2ccccc2C)C(C)=C2C=CC(C3CCCCC3)(C3CCCCC3)N21.[2H]C1N(c2ccccc2C)C(C)=C2C=CC([2H])(C)N21. The average molecular weight is 1270 g/mol. The molecule has 8 aliphatic heterocycles. The van der Waals surface area contributed by atoms with Gasteiger partial charge in [-0.3, -0.25) is 0 Å². The van der Waals surface area contributed by atoms with Crippen LogP contribution in [0, 0.1) is 45.4 Å². The van der Waals surface area contributed by atoms with Gasteiger partial charge in [0.2, 0.25) is 0 Å². The van der Waals surface area contributed by atoms with Crippen molar-refractivity contribution in [2.24, 2.45) is 17.8 Å². The Morgan fingerprint density at radius 2 is 0.723 bits per heavy atom. The number of anilines is 4. The molecule has 3 aliphatic carbocycles. The van der Waals surface area contributed by atoms with Gasteiger partial charge in [0, 0.05) is 51.6 Å². The first-order valence-electron chi connectivity index (χ1n) is 36.9. The molecular weight excluding hydrogens is 1150 g/mol. The number of hydrogen-bond donors (Lipinski definition) is 0. The molecular formula is C86H118N8. The zero-order chi connectivity index (χ0) is 66.9. The standard InChI is InChI=1S/C26H36N2.C21H22N2.C20H26N2.C15H18N2.4CH4/c1-20-11-9-10-16-24(20)27-19-28-25(21(27)2)17-18-26(28,22-12-5-3-6-13-22)23-14-7-4-8-15-23;1-16-9-7-8-12-19(16)22-15-23-20(17(22)2)13-14-21(23,3)18-10-5-4-6-11-18;1-15-8-4-7-11-18(15)21-14-22-19(16(21)2)12-13-20(22,3)17-9-5-6-10-17;1-11-6-4-5-7-14(11)17-10-16-12(2)8-9-15(16)13(17)3;;;;/h9-11,16-18,22-23H,3-8,12-15,19H2,1-2H3;4-14H,15H2,1-3H3;4,7-8,11-13,17H,5-6,9-10,14H2,1-3H3;4-9,12H,10H2,1-3H3;4*1H4/i19D;15D;14D;10D,12D;;;;. The lowest BCUT2D eigenvalue weighted by Gasteiger charge is -2.52. The van der Waals surface area contributed by atoms with Crippen LogP contribution in [0.4, 0.5) is 22.7 Å². The highest BCUT2D eigenvalue weighted by Crippen LogP contribution is 2.55. The van der Waals surface area contributed by atoms with Gasteiger partial charge in [-0.1, -0.05) is 209 Å². The highest BCUT2D eigenvalue weighted by molar-refractivity contribution is 5.65. The molecule has 0 amide bonds. The molecule has 0 saturated heterocycles. The quantitative estimate of drug-likeness (QED) is 0.152. The number of benzene rings is 5. The summed E-state index contributed by atoms with van der Waals surface area (Å²) in [5.74, 6) is 2.07. The molecule has 7 atom stereocenters. The predicted octanol–water partition coefficient (Wildman–Crippen LogP) is 22.2. The van der Waals surface area contributed by atoms with Crippen LogP contribution in [0.15, 0.2) is 222 Å². The van der Waals surface area contributed by atoms with E-state index in [0.29, 0.717) is 17.8 Å². The first kappa shape index (κ1) is 63.8. The predicted molar refractivity (Wildman–Crippen MR) is 405 cm³/mol. The molecule has 0 N–H and O–H groups in total. The van der Waals surface area contributed by atoms with E-state index in [1.54, 1.807) is 0 Å². The summed E-state index contributed by atoms with van der Waals surface area (Å²) in [6.07, 6.45) is 36.6. The minimum atomic E-state index is -0.833. The van der Waals surface area contributed by atoms with Crippen LogP contribution in [0.1, 0.15) is 203 Å². The molecule has 11 aliphatic rings. The van der Waals surface area contributed by atoms with Crippen molar-refractivity contribution in [2.45, 2.75) is 218 Å². The van der Waals surface area contributed by atoms with Crippen LogP contribution in [-0.4, -0.2) is 63.3 Å². The van der Waals surface area contributed by atoms with Crippen molar-refractivity contribution >= 4 is 22.7 Å². The van der Waals surface area contributed by atoms with E-state index < -0.39 is 19.3 Å². The van der Waals surface area contributed by atoms with E-state index in [4.69, 9.17) is 5.48 Å². The number of fused-ring (bicyclic) bond motifs is 4. The number of allylic oxidation sites excluding steroid dienone is 8. The van der Waals surface area contributed by atoms with Crippen molar-refractivity contribution in [1.29, 1.82) is 0 Å². The molecule has 7 unspecified atom stereocenters. The van der Waals surface area contributed by atoms with Crippen LogP contribution in [0.25, 0.3) is 0 Å². The molecule has 5 aromatic carbocycles. The number of para-hydroxylation sites is 4. The molecule has 0 aromatic heterocycles. The van der Waals surface area contributed by atoms with E-state index in [2.05, 4.69) is 219 Å². The van der Waals surface area contributed by atoms with Crippen LogP contribution in [0.2, 0.25) is 0 Å². The molecule has 0 bridgehead atoms. The van der Waals surface area contributed by atoms with Gasteiger partial charge in [0.05, 0.1) is 72.8 Å². The van der Waals surface area contributed by atoms with E-state index in [-0.39, 0.29) is 59.6 Å². The number of aryl methyl sites for hydroxylation is 4. The van der Waals surface area contributed by atoms with Crippen LogP contribution in [0.5, 0.6) is 0 Å². The fraction of sp³-hybridized carbons (Fsp3) is 0.465. The molecule has 94 heavy (non-hydrogen) atoms. The fourth-order valence-electron chi connectivity index (χ4n) is 16.9. The smallest absolute Gasteiger partial charge is 0.0961 e. The molecule has 0 radical (unpaired) electrons. The Morgan fingerprint density at radius 1 is 0.372 bits per heavy atom. The summed E-state index contributed by atoms with van der Waals surface area (Å²) in [6.45, 7) is 21.6. The van der Waals surface area contributed by atoms with Crippen LogP contribution < -0.4 is 19.6 Å². The summed E-state index contributed by atoms with van der Waals surface area (Å²) in [5.41, 5.74) is 19.7. The Balaban J connectivity index is 0.000000154. The maximum Gasteiger partial charge on any atom is 0.0961 e. The number of nitrogens with zero attached hydrogens (tertiary/aromatic N) is 8. The largest absolute Gasteiger partial charge is 0.346 e. The summed E-state index contributed by atoms with van der Waals surface area (Å²) in [5, 5.41) is 0. The van der Waals surface area contributed by atoms with Gasteiger partial charge in [-0.05, 0) is 209 Å². The third-order valence-electron chi connectivity index (χ3n) is 22.4. The normalized spacial score (nSPS) is 28.6. The third kappa shape index (κ3) is 12.5. The second-order valence-corrected chi connectivity index (χ2v) is 27.7. The lowest BCUT2D eigenvalue weighted by Crippen LogP contribution is -2.56. The second kappa shape index (κ2) is 29.2. The number of hydrogen-bond acceptors (Lipinski definition) is 8. The second-order valence-electron chi connectivity index (χ2n) is 27.7. The molecule has 5 aromatic rings. The van der Waals surface area contributed by atoms with Gasteiger partial charge >= 0.3 is 0 Å².